The molecule has 28 heavy (non-hydrogen) atoms. The topological polar surface area (TPSA) is 52.7 Å². The lowest BCUT2D eigenvalue weighted by Gasteiger charge is -2.44. The standard InChI is InChI=1S/C22H24BrN3O2/c1-25(14-16-8-2-3-9-17(16)23)15-20(27)26-19-11-5-4-10-18(19)24-21(28)22(26)12-6-7-13-22/h2-5,8-11H,6-7,12-15H2,1H3,(H,24,28). The first-order valence-electron chi connectivity index (χ1n) is 9.67. The van der Waals surface area contributed by atoms with Crippen molar-refractivity contribution in [1.82, 2.24) is 4.90 Å². The molecule has 146 valence electrons. The maximum absolute atomic E-state index is 13.4. The summed E-state index contributed by atoms with van der Waals surface area (Å²) in [5.74, 6) is -0.0794. The summed E-state index contributed by atoms with van der Waals surface area (Å²) in [5.41, 5.74) is 1.90. The molecule has 2 aliphatic rings. The zero-order chi connectivity index (χ0) is 19.7. The Morgan fingerprint density at radius 1 is 1.14 bits per heavy atom. The van der Waals surface area contributed by atoms with Crippen LogP contribution in [0.2, 0.25) is 0 Å². The second kappa shape index (κ2) is 7.68. The molecule has 1 heterocycles. The van der Waals surface area contributed by atoms with E-state index in [2.05, 4.69) is 21.2 Å². The van der Waals surface area contributed by atoms with Gasteiger partial charge in [-0.15, -0.1) is 0 Å². The Labute approximate surface area is 173 Å². The van der Waals surface area contributed by atoms with Gasteiger partial charge in [-0.2, -0.15) is 0 Å². The molecule has 0 aromatic heterocycles. The zero-order valence-corrected chi connectivity index (χ0v) is 17.5. The van der Waals surface area contributed by atoms with Crippen molar-refractivity contribution in [3.8, 4) is 0 Å². The van der Waals surface area contributed by atoms with Gasteiger partial charge in [0.25, 0.3) is 5.91 Å². The third kappa shape index (κ3) is 3.35. The SMILES string of the molecule is CN(CC(=O)N1c2ccccc2NC(=O)C12CCCC2)Cc1ccccc1Br. The Morgan fingerprint density at radius 2 is 1.82 bits per heavy atom. The molecule has 2 amide bonds. The van der Waals surface area contributed by atoms with Crippen molar-refractivity contribution in [2.75, 3.05) is 23.8 Å². The van der Waals surface area contributed by atoms with Gasteiger partial charge in [-0.1, -0.05) is 59.1 Å². The minimum Gasteiger partial charge on any atom is -0.322 e. The smallest absolute Gasteiger partial charge is 0.250 e. The first kappa shape index (κ1) is 19.2. The number of hydrogen-bond acceptors (Lipinski definition) is 3. The number of fused-ring (bicyclic) bond motifs is 1. The molecule has 1 saturated carbocycles. The van der Waals surface area contributed by atoms with Crippen molar-refractivity contribution in [2.24, 2.45) is 0 Å². The molecule has 1 spiro atoms. The number of rotatable bonds is 4. The molecule has 0 unspecified atom stereocenters. The van der Waals surface area contributed by atoms with E-state index in [0.717, 1.165) is 28.6 Å². The molecule has 0 bridgehead atoms. The molecule has 0 saturated heterocycles. The van der Waals surface area contributed by atoms with Gasteiger partial charge in [0.15, 0.2) is 0 Å². The second-order valence-electron chi connectivity index (χ2n) is 7.70. The first-order valence-corrected chi connectivity index (χ1v) is 10.5. The Kier molecular flexibility index (Phi) is 5.25. The highest BCUT2D eigenvalue weighted by molar-refractivity contribution is 9.10. The van der Waals surface area contributed by atoms with Crippen LogP contribution in [-0.2, 0) is 16.1 Å². The van der Waals surface area contributed by atoms with Crippen LogP contribution in [-0.4, -0.2) is 35.8 Å². The quantitative estimate of drug-likeness (QED) is 0.773. The van der Waals surface area contributed by atoms with E-state index in [1.54, 1.807) is 4.90 Å². The Balaban J connectivity index is 1.60. The van der Waals surface area contributed by atoms with Crippen LogP contribution in [0.1, 0.15) is 31.2 Å². The molecule has 4 rings (SSSR count). The van der Waals surface area contributed by atoms with Gasteiger partial charge in [0, 0.05) is 11.0 Å². The largest absolute Gasteiger partial charge is 0.322 e. The molecule has 0 atom stereocenters. The Bertz CT molecular complexity index is 908. The van der Waals surface area contributed by atoms with Crippen LogP contribution in [0.4, 0.5) is 11.4 Å². The summed E-state index contributed by atoms with van der Waals surface area (Å²) in [4.78, 5) is 30.2. The van der Waals surface area contributed by atoms with E-state index in [1.165, 1.54) is 0 Å². The molecule has 1 N–H and O–H groups in total. The van der Waals surface area contributed by atoms with Crippen molar-refractivity contribution >= 4 is 39.1 Å². The normalized spacial score (nSPS) is 17.7. The summed E-state index contributed by atoms with van der Waals surface area (Å²) in [6.45, 7) is 0.909. The van der Waals surface area contributed by atoms with Gasteiger partial charge in [0.1, 0.15) is 5.54 Å². The number of benzene rings is 2. The van der Waals surface area contributed by atoms with Crippen molar-refractivity contribution < 1.29 is 9.59 Å². The number of carbonyl (C=O) groups is 2. The minimum absolute atomic E-state index is 0.0289. The third-order valence-electron chi connectivity index (χ3n) is 5.73. The lowest BCUT2D eigenvalue weighted by Crippen LogP contribution is -2.62. The average Bonchev–Trinajstić information content (AvgIpc) is 3.15. The number of carbonyl (C=O) groups excluding carboxylic acids is 2. The molecular formula is C22H24BrN3O2. The predicted molar refractivity (Wildman–Crippen MR) is 114 cm³/mol. The van der Waals surface area contributed by atoms with E-state index in [-0.39, 0.29) is 18.4 Å². The highest BCUT2D eigenvalue weighted by Gasteiger charge is 2.52. The third-order valence-corrected chi connectivity index (χ3v) is 6.50. The lowest BCUT2D eigenvalue weighted by atomic mass is 9.89. The highest BCUT2D eigenvalue weighted by Crippen LogP contribution is 2.45. The van der Waals surface area contributed by atoms with E-state index in [0.29, 0.717) is 25.1 Å². The van der Waals surface area contributed by atoms with E-state index in [1.807, 2.05) is 60.5 Å². The Hall–Kier alpha value is -2.18. The van der Waals surface area contributed by atoms with Crippen LogP contribution in [0.5, 0.6) is 0 Å². The van der Waals surface area contributed by atoms with Gasteiger partial charge in [0.2, 0.25) is 5.91 Å². The Morgan fingerprint density at radius 3 is 2.57 bits per heavy atom. The second-order valence-corrected chi connectivity index (χ2v) is 8.56. The number of anilines is 2. The fraction of sp³-hybridized carbons (Fsp3) is 0.364. The maximum Gasteiger partial charge on any atom is 0.250 e. The molecule has 1 fully saturated rings. The van der Waals surface area contributed by atoms with Crippen molar-refractivity contribution in [3.05, 3.63) is 58.6 Å². The number of nitrogens with zero attached hydrogens (tertiary/aromatic N) is 2. The van der Waals surface area contributed by atoms with Crippen LogP contribution >= 0.6 is 15.9 Å². The van der Waals surface area contributed by atoms with Crippen LogP contribution in [0.25, 0.3) is 0 Å². The number of nitrogens with one attached hydrogen (secondary N) is 1. The lowest BCUT2D eigenvalue weighted by molar-refractivity contribution is -0.127. The van der Waals surface area contributed by atoms with Crippen LogP contribution in [0.15, 0.2) is 53.0 Å². The summed E-state index contributed by atoms with van der Waals surface area (Å²) >= 11 is 3.57. The average molecular weight is 442 g/mol. The van der Waals surface area contributed by atoms with Gasteiger partial charge in [0.05, 0.1) is 17.9 Å². The van der Waals surface area contributed by atoms with Crippen LogP contribution in [0, 0.1) is 0 Å². The number of amides is 2. The van der Waals surface area contributed by atoms with Gasteiger partial charge in [-0.3, -0.25) is 19.4 Å². The summed E-state index contributed by atoms with van der Waals surface area (Å²) in [7, 11) is 1.94. The van der Waals surface area contributed by atoms with Crippen molar-refractivity contribution in [1.29, 1.82) is 0 Å². The van der Waals surface area contributed by atoms with Crippen LogP contribution < -0.4 is 10.2 Å². The molecule has 5 nitrogen and oxygen atoms in total. The summed E-state index contributed by atoms with van der Waals surface area (Å²) in [6.07, 6.45) is 3.36. The van der Waals surface area contributed by atoms with Crippen molar-refractivity contribution in [3.63, 3.8) is 0 Å². The van der Waals surface area contributed by atoms with Crippen molar-refractivity contribution in [2.45, 2.75) is 37.8 Å². The fourth-order valence-corrected chi connectivity index (χ4v) is 4.81. The molecule has 1 aliphatic heterocycles. The van der Waals surface area contributed by atoms with Gasteiger partial charge in [-0.05, 0) is 43.7 Å². The van der Waals surface area contributed by atoms with E-state index >= 15 is 0 Å². The summed E-state index contributed by atoms with van der Waals surface area (Å²) in [5, 5.41) is 3.03. The molecule has 1 aliphatic carbocycles. The zero-order valence-electron chi connectivity index (χ0n) is 16.0. The van der Waals surface area contributed by atoms with Crippen LogP contribution in [0.3, 0.4) is 0 Å². The molecule has 6 heteroatoms. The summed E-state index contributed by atoms with van der Waals surface area (Å²) in [6, 6.07) is 15.6. The van der Waals surface area contributed by atoms with Gasteiger partial charge < -0.3 is 5.32 Å². The minimum atomic E-state index is -0.750. The highest BCUT2D eigenvalue weighted by atomic mass is 79.9. The molecular weight excluding hydrogens is 418 g/mol. The molecule has 0 radical (unpaired) electrons. The maximum atomic E-state index is 13.4. The number of para-hydroxylation sites is 2. The predicted octanol–water partition coefficient (Wildman–Crippen LogP) is 4.18. The first-order chi connectivity index (χ1) is 13.5. The monoisotopic (exact) mass is 441 g/mol. The van der Waals surface area contributed by atoms with E-state index in [4.69, 9.17) is 0 Å². The van der Waals surface area contributed by atoms with E-state index < -0.39 is 5.54 Å². The number of likely N-dealkylation sites (N-methyl/N-ethyl adjacent to an activating group) is 1. The van der Waals surface area contributed by atoms with Gasteiger partial charge in [-0.25, -0.2) is 0 Å². The number of halogens is 1. The number of hydrogen-bond donors (Lipinski definition) is 1. The van der Waals surface area contributed by atoms with Gasteiger partial charge >= 0.3 is 0 Å². The molecule has 2 aromatic rings. The van der Waals surface area contributed by atoms with E-state index in [9.17, 15) is 9.59 Å². The fourth-order valence-electron chi connectivity index (χ4n) is 4.40. The molecule has 2 aromatic carbocycles. The summed E-state index contributed by atoms with van der Waals surface area (Å²) < 4.78 is 1.03.